The van der Waals surface area contributed by atoms with E-state index in [9.17, 15) is 4.79 Å². The molecule has 0 radical (unpaired) electrons. The van der Waals surface area contributed by atoms with Gasteiger partial charge in [0.25, 0.3) is 5.91 Å². The lowest BCUT2D eigenvalue weighted by molar-refractivity contribution is 0.101. The number of likely N-dealkylation sites (tertiary alicyclic amines) is 1. The highest BCUT2D eigenvalue weighted by molar-refractivity contribution is 6.03. The van der Waals surface area contributed by atoms with Crippen LogP contribution < -0.4 is 10.1 Å². The van der Waals surface area contributed by atoms with Crippen LogP contribution >= 0.6 is 0 Å². The standard InChI is InChI=1S/C26H31N3O3/c1-18-8-7-9-19(2)25(18)31-17-23-20(3)32-28-24(23)26(30)27-22-12-10-21(11-13-22)16-29-14-5-4-6-15-29/h7-13H,4-6,14-17H2,1-3H3,(H,27,30). The first-order valence-corrected chi connectivity index (χ1v) is 11.3. The summed E-state index contributed by atoms with van der Waals surface area (Å²) in [6, 6.07) is 14.0. The lowest BCUT2D eigenvalue weighted by Gasteiger charge is -2.26. The molecule has 0 saturated carbocycles. The van der Waals surface area contributed by atoms with Crippen molar-refractivity contribution >= 4 is 11.6 Å². The van der Waals surface area contributed by atoms with Gasteiger partial charge in [0.05, 0.1) is 5.56 Å². The molecule has 1 N–H and O–H groups in total. The van der Waals surface area contributed by atoms with Crippen molar-refractivity contribution in [2.24, 2.45) is 0 Å². The van der Waals surface area contributed by atoms with E-state index < -0.39 is 0 Å². The number of aryl methyl sites for hydroxylation is 3. The molecule has 1 aliphatic rings. The molecule has 1 aliphatic heterocycles. The molecule has 1 saturated heterocycles. The predicted octanol–water partition coefficient (Wildman–Crippen LogP) is 5.42. The first kappa shape index (κ1) is 22.1. The fraction of sp³-hybridized carbons (Fsp3) is 0.385. The molecular weight excluding hydrogens is 402 g/mol. The van der Waals surface area contributed by atoms with Crippen LogP contribution in [-0.4, -0.2) is 29.1 Å². The van der Waals surface area contributed by atoms with Gasteiger partial charge in [-0.3, -0.25) is 9.69 Å². The van der Waals surface area contributed by atoms with Gasteiger partial charge in [0.15, 0.2) is 5.69 Å². The quantitative estimate of drug-likeness (QED) is 0.539. The van der Waals surface area contributed by atoms with Crippen LogP contribution in [-0.2, 0) is 13.2 Å². The van der Waals surface area contributed by atoms with E-state index in [0.717, 1.165) is 42.2 Å². The molecule has 0 spiro atoms. The molecule has 1 amide bonds. The molecule has 32 heavy (non-hydrogen) atoms. The van der Waals surface area contributed by atoms with E-state index >= 15 is 0 Å². The lowest BCUT2D eigenvalue weighted by Crippen LogP contribution is -2.29. The molecule has 6 nitrogen and oxygen atoms in total. The molecule has 2 heterocycles. The highest BCUT2D eigenvalue weighted by Gasteiger charge is 2.21. The fourth-order valence-electron chi connectivity index (χ4n) is 4.17. The minimum Gasteiger partial charge on any atom is -0.488 e. The van der Waals surface area contributed by atoms with Gasteiger partial charge in [-0.15, -0.1) is 0 Å². The van der Waals surface area contributed by atoms with Crippen molar-refractivity contribution in [3.8, 4) is 5.75 Å². The molecule has 2 aromatic carbocycles. The van der Waals surface area contributed by atoms with Gasteiger partial charge < -0.3 is 14.6 Å². The Morgan fingerprint density at radius 2 is 1.72 bits per heavy atom. The van der Waals surface area contributed by atoms with Crippen LogP contribution in [0.15, 0.2) is 47.0 Å². The number of amides is 1. The summed E-state index contributed by atoms with van der Waals surface area (Å²) < 4.78 is 11.3. The summed E-state index contributed by atoms with van der Waals surface area (Å²) in [5.41, 5.74) is 5.01. The van der Waals surface area contributed by atoms with Crippen molar-refractivity contribution in [1.29, 1.82) is 0 Å². The van der Waals surface area contributed by atoms with Gasteiger partial charge in [-0.05, 0) is 75.5 Å². The Bertz CT molecular complexity index is 1050. The number of anilines is 1. The van der Waals surface area contributed by atoms with Crippen molar-refractivity contribution in [3.63, 3.8) is 0 Å². The van der Waals surface area contributed by atoms with Gasteiger partial charge in [-0.1, -0.05) is 41.9 Å². The maximum Gasteiger partial charge on any atom is 0.278 e. The number of benzene rings is 2. The molecule has 1 fully saturated rings. The van der Waals surface area contributed by atoms with E-state index in [1.54, 1.807) is 6.92 Å². The highest BCUT2D eigenvalue weighted by atomic mass is 16.5. The number of para-hydroxylation sites is 1. The van der Waals surface area contributed by atoms with Crippen LogP contribution in [0.3, 0.4) is 0 Å². The summed E-state index contributed by atoms with van der Waals surface area (Å²) in [7, 11) is 0. The van der Waals surface area contributed by atoms with Crippen LogP contribution in [0.2, 0.25) is 0 Å². The van der Waals surface area contributed by atoms with Crippen molar-refractivity contribution in [1.82, 2.24) is 10.1 Å². The molecular formula is C26H31N3O3. The third-order valence-electron chi connectivity index (χ3n) is 6.04. The summed E-state index contributed by atoms with van der Waals surface area (Å²) in [4.78, 5) is 15.4. The number of hydrogen-bond acceptors (Lipinski definition) is 5. The Labute approximate surface area is 189 Å². The zero-order valence-corrected chi connectivity index (χ0v) is 19.1. The molecule has 0 bridgehead atoms. The first-order chi connectivity index (χ1) is 15.5. The van der Waals surface area contributed by atoms with E-state index in [1.165, 1.54) is 24.8 Å². The number of ether oxygens (including phenoxy) is 1. The maximum absolute atomic E-state index is 12.9. The topological polar surface area (TPSA) is 67.6 Å². The van der Waals surface area contributed by atoms with Crippen LogP contribution in [0.25, 0.3) is 0 Å². The average molecular weight is 434 g/mol. The normalized spacial score (nSPS) is 14.3. The Morgan fingerprint density at radius 3 is 2.41 bits per heavy atom. The predicted molar refractivity (Wildman–Crippen MR) is 125 cm³/mol. The van der Waals surface area contributed by atoms with Gasteiger partial charge in [-0.2, -0.15) is 0 Å². The zero-order valence-electron chi connectivity index (χ0n) is 19.1. The summed E-state index contributed by atoms with van der Waals surface area (Å²) in [5, 5.41) is 6.92. The van der Waals surface area contributed by atoms with Gasteiger partial charge in [0.2, 0.25) is 0 Å². The van der Waals surface area contributed by atoms with Gasteiger partial charge in [-0.25, -0.2) is 0 Å². The van der Waals surface area contributed by atoms with Crippen LogP contribution in [0.4, 0.5) is 5.69 Å². The monoisotopic (exact) mass is 433 g/mol. The summed E-state index contributed by atoms with van der Waals surface area (Å²) in [5.74, 6) is 1.10. The molecule has 6 heteroatoms. The fourth-order valence-corrected chi connectivity index (χ4v) is 4.17. The number of carbonyl (C=O) groups excluding carboxylic acids is 1. The Hall–Kier alpha value is -3.12. The summed E-state index contributed by atoms with van der Waals surface area (Å²) >= 11 is 0. The Morgan fingerprint density at radius 1 is 1.03 bits per heavy atom. The second-order valence-electron chi connectivity index (χ2n) is 8.56. The van der Waals surface area contributed by atoms with E-state index in [1.807, 2.05) is 44.2 Å². The minimum atomic E-state index is -0.300. The average Bonchev–Trinajstić information content (AvgIpc) is 3.16. The second-order valence-corrected chi connectivity index (χ2v) is 8.56. The van der Waals surface area contributed by atoms with E-state index in [0.29, 0.717) is 11.3 Å². The lowest BCUT2D eigenvalue weighted by atomic mass is 10.1. The molecule has 1 aromatic heterocycles. The van der Waals surface area contributed by atoms with Gasteiger partial charge >= 0.3 is 0 Å². The molecule has 0 aliphatic carbocycles. The van der Waals surface area contributed by atoms with Crippen molar-refractivity contribution in [2.75, 3.05) is 18.4 Å². The van der Waals surface area contributed by atoms with Crippen molar-refractivity contribution in [2.45, 2.75) is 53.2 Å². The molecule has 0 atom stereocenters. The number of aromatic nitrogens is 1. The van der Waals surface area contributed by atoms with Crippen LogP contribution in [0.5, 0.6) is 5.75 Å². The molecule has 3 aromatic rings. The van der Waals surface area contributed by atoms with E-state index in [2.05, 4.69) is 27.5 Å². The second kappa shape index (κ2) is 10.0. The number of carbonyl (C=O) groups is 1. The highest BCUT2D eigenvalue weighted by Crippen LogP contribution is 2.25. The molecule has 4 rings (SSSR count). The Kier molecular flexibility index (Phi) is 6.90. The number of hydrogen-bond donors (Lipinski definition) is 1. The molecule has 0 unspecified atom stereocenters. The smallest absolute Gasteiger partial charge is 0.278 e. The van der Waals surface area contributed by atoms with Gasteiger partial charge in [0, 0.05) is 12.2 Å². The minimum absolute atomic E-state index is 0.221. The largest absolute Gasteiger partial charge is 0.488 e. The zero-order chi connectivity index (χ0) is 22.5. The summed E-state index contributed by atoms with van der Waals surface area (Å²) in [6.45, 7) is 9.31. The number of nitrogens with zero attached hydrogens (tertiary/aromatic N) is 2. The Balaban J connectivity index is 1.40. The number of rotatable bonds is 7. The van der Waals surface area contributed by atoms with Crippen molar-refractivity contribution in [3.05, 3.63) is 76.2 Å². The first-order valence-electron chi connectivity index (χ1n) is 11.3. The SMILES string of the molecule is Cc1cccc(C)c1OCc1c(C(=O)Nc2ccc(CN3CCCCC3)cc2)noc1C. The molecule has 168 valence electrons. The van der Waals surface area contributed by atoms with Crippen LogP contribution in [0, 0.1) is 20.8 Å². The van der Waals surface area contributed by atoms with Gasteiger partial charge in [0.1, 0.15) is 18.1 Å². The summed E-state index contributed by atoms with van der Waals surface area (Å²) in [6.07, 6.45) is 3.89. The third kappa shape index (κ3) is 5.19. The van der Waals surface area contributed by atoms with Crippen LogP contribution in [0.1, 0.15) is 57.8 Å². The van der Waals surface area contributed by atoms with E-state index in [-0.39, 0.29) is 18.2 Å². The maximum atomic E-state index is 12.9. The number of piperidine rings is 1. The van der Waals surface area contributed by atoms with Crippen molar-refractivity contribution < 1.29 is 14.1 Å². The van der Waals surface area contributed by atoms with E-state index in [4.69, 9.17) is 9.26 Å². The number of nitrogens with one attached hydrogen (secondary N) is 1. The third-order valence-corrected chi connectivity index (χ3v) is 6.04.